The molecule has 0 unspecified atom stereocenters. The summed E-state index contributed by atoms with van der Waals surface area (Å²) in [5, 5.41) is 1.50. The van der Waals surface area contributed by atoms with Crippen LogP contribution in [-0.2, 0) is 12.8 Å². The normalized spacial score (nSPS) is 12.6. The van der Waals surface area contributed by atoms with E-state index in [1.807, 2.05) is 24.3 Å². The maximum atomic E-state index is 14.0. The molecule has 0 saturated heterocycles. The summed E-state index contributed by atoms with van der Waals surface area (Å²) in [5.74, 6) is 1.61. The van der Waals surface area contributed by atoms with Crippen LogP contribution in [0.25, 0.3) is 26.3 Å². The summed E-state index contributed by atoms with van der Waals surface area (Å²) < 4.78 is 7.35. The van der Waals surface area contributed by atoms with Crippen LogP contribution in [-0.4, -0.2) is 22.4 Å². The zero-order valence-corrected chi connectivity index (χ0v) is 19.3. The second-order valence-electron chi connectivity index (χ2n) is 7.66. The van der Waals surface area contributed by atoms with Gasteiger partial charge in [-0.2, -0.15) is 0 Å². The third kappa shape index (κ3) is 3.48. The predicted molar refractivity (Wildman–Crippen MR) is 130 cm³/mol. The first-order chi connectivity index (χ1) is 15.2. The Labute approximate surface area is 189 Å². The van der Waals surface area contributed by atoms with E-state index in [4.69, 9.17) is 9.72 Å². The fourth-order valence-electron chi connectivity index (χ4n) is 4.19. The van der Waals surface area contributed by atoms with E-state index in [2.05, 4.69) is 31.2 Å². The molecule has 2 aromatic carbocycles. The summed E-state index contributed by atoms with van der Waals surface area (Å²) in [4.78, 5) is 21.0. The first kappa shape index (κ1) is 20.3. The first-order valence-electron chi connectivity index (χ1n) is 10.7. The van der Waals surface area contributed by atoms with Crippen molar-refractivity contribution in [3.05, 3.63) is 70.0 Å². The number of para-hydroxylation sites is 2. The van der Waals surface area contributed by atoms with E-state index < -0.39 is 0 Å². The Hall–Kier alpha value is -2.57. The Morgan fingerprint density at radius 2 is 1.94 bits per heavy atom. The number of hydrogen-bond donors (Lipinski definition) is 0. The van der Waals surface area contributed by atoms with Gasteiger partial charge in [0, 0.05) is 10.6 Å². The molecule has 0 fully saturated rings. The Balaban J connectivity index is 1.78. The van der Waals surface area contributed by atoms with Gasteiger partial charge in [-0.25, -0.2) is 4.98 Å². The van der Waals surface area contributed by atoms with Crippen LogP contribution in [0.5, 0.6) is 5.75 Å². The predicted octanol–water partition coefficient (Wildman–Crippen LogP) is 6.11. The highest BCUT2D eigenvalue weighted by molar-refractivity contribution is 7.99. The molecule has 5 rings (SSSR count). The molecule has 0 atom stereocenters. The van der Waals surface area contributed by atoms with Gasteiger partial charge in [0.25, 0.3) is 5.56 Å². The molecule has 2 aromatic heterocycles. The Morgan fingerprint density at radius 1 is 1.13 bits per heavy atom. The minimum atomic E-state index is 0.00498. The van der Waals surface area contributed by atoms with Gasteiger partial charge in [0.15, 0.2) is 5.16 Å². The van der Waals surface area contributed by atoms with Crippen molar-refractivity contribution < 1.29 is 4.74 Å². The van der Waals surface area contributed by atoms with Gasteiger partial charge in [-0.05, 0) is 48.1 Å². The molecular formula is C25H24N2O2S2. The highest BCUT2D eigenvalue weighted by Crippen LogP contribution is 2.43. The quantitative estimate of drug-likeness (QED) is 0.203. The first-order valence-corrected chi connectivity index (χ1v) is 12.5. The average Bonchev–Trinajstić information content (AvgIpc) is 3.19. The summed E-state index contributed by atoms with van der Waals surface area (Å²) in [6.45, 7) is 2.18. The van der Waals surface area contributed by atoms with Crippen molar-refractivity contribution in [2.45, 2.75) is 37.8 Å². The number of thiophene rings is 1. The molecule has 0 aliphatic heterocycles. The number of fused-ring (bicyclic) bond motifs is 5. The van der Waals surface area contributed by atoms with E-state index >= 15 is 0 Å². The van der Waals surface area contributed by atoms with Crippen LogP contribution in [0.4, 0.5) is 0 Å². The minimum absolute atomic E-state index is 0.00498. The SMILES string of the molecule is CCCCSc1nc2sc3c(c2c(=O)n1-c1ccccc1OC)CCc1ccccc1-3. The topological polar surface area (TPSA) is 44.1 Å². The maximum Gasteiger partial charge on any atom is 0.267 e. The van der Waals surface area contributed by atoms with Gasteiger partial charge in [-0.3, -0.25) is 9.36 Å². The highest BCUT2D eigenvalue weighted by atomic mass is 32.2. The van der Waals surface area contributed by atoms with Crippen molar-refractivity contribution in [3.8, 4) is 21.9 Å². The Bertz CT molecular complexity index is 1320. The fraction of sp³-hybridized carbons (Fsp3) is 0.280. The van der Waals surface area contributed by atoms with Crippen LogP contribution >= 0.6 is 23.1 Å². The zero-order chi connectivity index (χ0) is 21.4. The summed E-state index contributed by atoms with van der Waals surface area (Å²) in [6.07, 6.45) is 4.02. The number of unbranched alkanes of at least 4 members (excludes halogenated alkanes) is 1. The van der Waals surface area contributed by atoms with Crippen molar-refractivity contribution in [1.29, 1.82) is 0 Å². The van der Waals surface area contributed by atoms with Gasteiger partial charge < -0.3 is 4.74 Å². The fourth-order valence-corrected chi connectivity index (χ4v) is 6.61. The van der Waals surface area contributed by atoms with Crippen LogP contribution in [0.15, 0.2) is 58.5 Å². The van der Waals surface area contributed by atoms with E-state index in [9.17, 15) is 4.79 Å². The number of aryl methyl sites for hydroxylation is 2. The van der Waals surface area contributed by atoms with Crippen molar-refractivity contribution in [3.63, 3.8) is 0 Å². The second kappa shape index (κ2) is 8.52. The molecule has 0 bridgehead atoms. The molecule has 4 aromatic rings. The number of hydrogen-bond acceptors (Lipinski definition) is 5. The van der Waals surface area contributed by atoms with Crippen LogP contribution in [0.3, 0.4) is 0 Å². The smallest absolute Gasteiger partial charge is 0.267 e. The highest BCUT2D eigenvalue weighted by Gasteiger charge is 2.26. The molecule has 0 amide bonds. The monoisotopic (exact) mass is 448 g/mol. The van der Waals surface area contributed by atoms with Crippen molar-refractivity contribution in [1.82, 2.24) is 9.55 Å². The van der Waals surface area contributed by atoms with E-state index in [1.54, 1.807) is 34.8 Å². The molecule has 0 N–H and O–H groups in total. The number of nitrogens with zero attached hydrogens (tertiary/aromatic N) is 2. The number of methoxy groups -OCH3 is 1. The van der Waals surface area contributed by atoms with Crippen LogP contribution in [0, 0.1) is 0 Å². The molecule has 1 aliphatic rings. The van der Waals surface area contributed by atoms with E-state index in [1.165, 1.54) is 16.0 Å². The molecule has 2 heterocycles. The molecule has 158 valence electrons. The van der Waals surface area contributed by atoms with Gasteiger partial charge in [-0.1, -0.05) is 61.5 Å². The van der Waals surface area contributed by atoms with Gasteiger partial charge in [-0.15, -0.1) is 11.3 Å². The van der Waals surface area contributed by atoms with Gasteiger partial charge >= 0.3 is 0 Å². The van der Waals surface area contributed by atoms with Crippen molar-refractivity contribution >= 4 is 33.3 Å². The second-order valence-corrected chi connectivity index (χ2v) is 9.72. The lowest BCUT2D eigenvalue weighted by Gasteiger charge is -2.17. The molecular weight excluding hydrogens is 424 g/mol. The van der Waals surface area contributed by atoms with Crippen LogP contribution in [0.2, 0.25) is 0 Å². The molecule has 0 spiro atoms. The molecule has 1 aliphatic carbocycles. The number of rotatable bonds is 6. The maximum absolute atomic E-state index is 14.0. The van der Waals surface area contributed by atoms with E-state index in [0.717, 1.165) is 58.1 Å². The number of thioether (sulfide) groups is 1. The van der Waals surface area contributed by atoms with Crippen LogP contribution < -0.4 is 10.3 Å². The van der Waals surface area contributed by atoms with Crippen molar-refractivity contribution in [2.24, 2.45) is 0 Å². The third-order valence-corrected chi connectivity index (χ3v) is 7.94. The van der Waals surface area contributed by atoms with Crippen molar-refractivity contribution in [2.75, 3.05) is 12.9 Å². The Morgan fingerprint density at radius 3 is 2.77 bits per heavy atom. The summed E-state index contributed by atoms with van der Waals surface area (Å²) in [6, 6.07) is 16.2. The minimum Gasteiger partial charge on any atom is -0.495 e. The summed E-state index contributed by atoms with van der Waals surface area (Å²) in [5.41, 5.74) is 4.49. The van der Waals surface area contributed by atoms with Gasteiger partial charge in [0.1, 0.15) is 10.6 Å². The van der Waals surface area contributed by atoms with E-state index in [0.29, 0.717) is 5.75 Å². The Kier molecular flexibility index (Phi) is 5.59. The number of ether oxygens (including phenoxy) is 1. The van der Waals surface area contributed by atoms with Gasteiger partial charge in [0.2, 0.25) is 0 Å². The van der Waals surface area contributed by atoms with E-state index in [-0.39, 0.29) is 5.56 Å². The third-order valence-electron chi connectivity index (χ3n) is 5.76. The lowest BCUT2D eigenvalue weighted by atomic mass is 9.90. The number of benzene rings is 2. The lowest BCUT2D eigenvalue weighted by molar-refractivity contribution is 0.411. The average molecular weight is 449 g/mol. The number of aromatic nitrogens is 2. The van der Waals surface area contributed by atoms with Gasteiger partial charge in [0.05, 0.1) is 18.2 Å². The zero-order valence-electron chi connectivity index (χ0n) is 17.7. The molecule has 0 saturated carbocycles. The molecule has 0 radical (unpaired) electrons. The molecule has 4 nitrogen and oxygen atoms in total. The largest absolute Gasteiger partial charge is 0.495 e. The lowest BCUT2D eigenvalue weighted by Crippen LogP contribution is -2.23. The molecule has 6 heteroatoms. The standard InChI is InChI=1S/C25H24N2O2S2/c1-3-4-15-30-25-26-23-21(24(28)27(25)19-11-7-8-12-20(19)29-2)18-14-13-16-9-5-6-10-17(16)22(18)31-23/h5-12H,3-4,13-15H2,1-2H3. The summed E-state index contributed by atoms with van der Waals surface area (Å²) >= 11 is 3.30. The molecule has 31 heavy (non-hydrogen) atoms. The van der Waals surface area contributed by atoms with Crippen LogP contribution in [0.1, 0.15) is 30.9 Å². The summed E-state index contributed by atoms with van der Waals surface area (Å²) in [7, 11) is 1.64.